The first kappa shape index (κ1) is 13.5. The van der Waals surface area contributed by atoms with Gasteiger partial charge in [-0.1, -0.05) is 18.2 Å². The minimum absolute atomic E-state index is 0.201. The molecule has 1 aromatic heterocycles. The summed E-state index contributed by atoms with van der Waals surface area (Å²) in [6, 6.07) is 9.46. The molecule has 1 heterocycles. The summed E-state index contributed by atoms with van der Waals surface area (Å²) in [6.07, 6.45) is 0. The second kappa shape index (κ2) is 6.86. The van der Waals surface area contributed by atoms with Crippen LogP contribution >= 0.6 is 11.3 Å². The van der Waals surface area contributed by atoms with Crippen LogP contribution in [0.25, 0.3) is 0 Å². The number of ether oxygens (including phenoxy) is 1. The quantitative estimate of drug-likeness (QED) is 0.783. The van der Waals surface area contributed by atoms with Gasteiger partial charge >= 0.3 is 0 Å². The van der Waals surface area contributed by atoms with Crippen LogP contribution in [-0.2, 0) is 6.54 Å². The summed E-state index contributed by atoms with van der Waals surface area (Å²) in [5, 5.41) is 5.21. The minimum atomic E-state index is -0.201. The number of rotatable bonds is 6. The smallest absolute Gasteiger partial charge is 0.270 e. The molecule has 6 heteroatoms. The number of carbonyl (C=O) groups excluding carboxylic acids is 1. The monoisotopic (exact) mass is 277 g/mol. The molecule has 2 rings (SSSR count). The van der Waals surface area contributed by atoms with E-state index in [0.717, 1.165) is 10.8 Å². The van der Waals surface area contributed by atoms with Gasteiger partial charge in [0.25, 0.3) is 5.91 Å². The van der Waals surface area contributed by atoms with Crippen LogP contribution in [0.4, 0.5) is 0 Å². The van der Waals surface area contributed by atoms with Crippen molar-refractivity contribution in [3.63, 3.8) is 0 Å². The molecular weight excluding hydrogens is 262 g/mol. The molecule has 0 spiro atoms. The van der Waals surface area contributed by atoms with Crippen molar-refractivity contribution in [2.45, 2.75) is 6.54 Å². The molecule has 0 atom stereocenters. The molecule has 0 radical (unpaired) electrons. The number of aromatic nitrogens is 1. The van der Waals surface area contributed by atoms with Gasteiger partial charge in [-0.25, -0.2) is 4.98 Å². The highest BCUT2D eigenvalue weighted by Gasteiger charge is 2.09. The van der Waals surface area contributed by atoms with Crippen LogP contribution in [0.15, 0.2) is 35.7 Å². The number of nitrogens with zero attached hydrogens (tertiary/aromatic N) is 1. The maximum atomic E-state index is 11.7. The van der Waals surface area contributed by atoms with Crippen molar-refractivity contribution in [3.05, 3.63) is 46.4 Å². The molecule has 1 aromatic carbocycles. The van der Waals surface area contributed by atoms with Crippen LogP contribution in [0.2, 0.25) is 0 Å². The topological polar surface area (TPSA) is 77.2 Å². The number of amides is 1. The third-order valence-electron chi connectivity index (χ3n) is 2.36. The van der Waals surface area contributed by atoms with Gasteiger partial charge < -0.3 is 15.8 Å². The molecule has 100 valence electrons. The average Bonchev–Trinajstić information content (AvgIpc) is 2.93. The summed E-state index contributed by atoms with van der Waals surface area (Å²) in [5.41, 5.74) is 5.85. The van der Waals surface area contributed by atoms with Gasteiger partial charge in [0.15, 0.2) is 0 Å². The first-order valence-electron chi connectivity index (χ1n) is 5.90. The zero-order valence-corrected chi connectivity index (χ0v) is 11.2. The second-order valence-electron chi connectivity index (χ2n) is 3.75. The Morgan fingerprint density at radius 2 is 2.16 bits per heavy atom. The van der Waals surface area contributed by atoms with Crippen LogP contribution in [0.3, 0.4) is 0 Å². The average molecular weight is 277 g/mol. The normalized spacial score (nSPS) is 10.2. The van der Waals surface area contributed by atoms with E-state index in [2.05, 4.69) is 10.3 Å². The maximum absolute atomic E-state index is 11.7. The van der Waals surface area contributed by atoms with Gasteiger partial charge in [-0.05, 0) is 12.1 Å². The van der Waals surface area contributed by atoms with Gasteiger partial charge in [-0.3, -0.25) is 4.79 Å². The van der Waals surface area contributed by atoms with Crippen molar-refractivity contribution in [3.8, 4) is 5.75 Å². The van der Waals surface area contributed by atoms with E-state index in [-0.39, 0.29) is 5.91 Å². The number of thiazole rings is 1. The van der Waals surface area contributed by atoms with E-state index in [4.69, 9.17) is 10.5 Å². The number of para-hydroxylation sites is 1. The molecule has 1 amide bonds. The van der Waals surface area contributed by atoms with Gasteiger partial charge in [-0.15, -0.1) is 11.3 Å². The SMILES string of the molecule is NCc1nc(C(=O)NCCOc2ccccc2)cs1. The molecule has 0 bridgehead atoms. The van der Waals surface area contributed by atoms with E-state index in [9.17, 15) is 4.79 Å². The molecule has 19 heavy (non-hydrogen) atoms. The highest BCUT2D eigenvalue weighted by atomic mass is 32.1. The fraction of sp³-hybridized carbons (Fsp3) is 0.231. The molecule has 0 saturated carbocycles. The molecule has 0 fully saturated rings. The number of nitrogens with two attached hydrogens (primary N) is 1. The van der Waals surface area contributed by atoms with E-state index in [1.807, 2.05) is 30.3 Å². The summed E-state index contributed by atoms with van der Waals surface area (Å²) >= 11 is 1.39. The largest absolute Gasteiger partial charge is 0.492 e. The summed E-state index contributed by atoms with van der Waals surface area (Å²) in [5.74, 6) is 0.587. The summed E-state index contributed by atoms with van der Waals surface area (Å²) in [4.78, 5) is 15.8. The molecule has 3 N–H and O–H groups in total. The van der Waals surface area contributed by atoms with E-state index >= 15 is 0 Å². The predicted octanol–water partition coefficient (Wildman–Crippen LogP) is 1.41. The van der Waals surface area contributed by atoms with Gasteiger partial charge in [0.05, 0.1) is 6.54 Å². The Morgan fingerprint density at radius 1 is 1.37 bits per heavy atom. The van der Waals surface area contributed by atoms with Crippen LogP contribution in [0.5, 0.6) is 5.75 Å². The second-order valence-corrected chi connectivity index (χ2v) is 4.69. The van der Waals surface area contributed by atoms with E-state index in [0.29, 0.717) is 25.4 Å². The number of carbonyl (C=O) groups is 1. The first-order valence-corrected chi connectivity index (χ1v) is 6.78. The lowest BCUT2D eigenvalue weighted by Gasteiger charge is -2.06. The predicted molar refractivity (Wildman–Crippen MR) is 74.3 cm³/mol. The standard InChI is InChI=1S/C13H15N3O2S/c14-8-12-16-11(9-19-12)13(17)15-6-7-18-10-4-2-1-3-5-10/h1-5,9H,6-8,14H2,(H,15,17). The van der Waals surface area contributed by atoms with Crippen molar-refractivity contribution in [1.82, 2.24) is 10.3 Å². The molecule has 0 aliphatic heterocycles. The van der Waals surface area contributed by atoms with Gasteiger partial charge in [-0.2, -0.15) is 0 Å². The lowest BCUT2D eigenvalue weighted by molar-refractivity contribution is 0.0942. The third kappa shape index (κ3) is 4.04. The number of hydrogen-bond acceptors (Lipinski definition) is 5. The van der Waals surface area contributed by atoms with E-state index in [1.165, 1.54) is 11.3 Å². The van der Waals surface area contributed by atoms with E-state index in [1.54, 1.807) is 5.38 Å². The Bertz CT molecular complexity index is 528. The fourth-order valence-electron chi connectivity index (χ4n) is 1.45. The zero-order chi connectivity index (χ0) is 13.5. The Balaban J connectivity index is 1.72. The third-order valence-corrected chi connectivity index (χ3v) is 3.23. The van der Waals surface area contributed by atoms with Crippen molar-refractivity contribution in [2.75, 3.05) is 13.2 Å². The van der Waals surface area contributed by atoms with Gasteiger partial charge in [0, 0.05) is 11.9 Å². The number of benzene rings is 1. The number of hydrogen-bond donors (Lipinski definition) is 2. The fourth-order valence-corrected chi connectivity index (χ4v) is 2.10. The molecule has 2 aromatic rings. The maximum Gasteiger partial charge on any atom is 0.270 e. The van der Waals surface area contributed by atoms with Gasteiger partial charge in [0.2, 0.25) is 0 Å². The highest BCUT2D eigenvalue weighted by Crippen LogP contribution is 2.09. The van der Waals surface area contributed by atoms with Crippen molar-refractivity contribution in [2.24, 2.45) is 5.73 Å². The van der Waals surface area contributed by atoms with Crippen LogP contribution in [-0.4, -0.2) is 24.0 Å². The summed E-state index contributed by atoms with van der Waals surface area (Å²) < 4.78 is 5.47. The van der Waals surface area contributed by atoms with Crippen molar-refractivity contribution in [1.29, 1.82) is 0 Å². The lowest BCUT2D eigenvalue weighted by atomic mass is 10.3. The Labute approximate surface area is 115 Å². The molecule has 0 aliphatic carbocycles. The van der Waals surface area contributed by atoms with Gasteiger partial charge in [0.1, 0.15) is 23.1 Å². The van der Waals surface area contributed by atoms with Crippen molar-refractivity contribution >= 4 is 17.2 Å². The first-order chi connectivity index (χ1) is 9.29. The van der Waals surface area contributed by atoms with E-state index < -0.39 is 0 Å². The Kier molecular flexibility index (Phi) is 4.88. The van der Waals surface area contributed by atoms with Crippen LogP contribution in [0.1, 0.15) is 15.5 Å². The molecule has 0 aliphatic rings. The minimum Gasteiger partial charge on any atom is -0.492 e. The number of nitrogens with one attached hydrogen (secondary N) is 1. The summed E-state index contributed by atoms with van der Waals surface area (Å²) in [7, 11) is 0. The molecule has 5 nitrogen and oxygen atoms in total. The Hall–Kier alpha value is -1.92. The molecule has 0 unspecified atom stereocenters. The zero-order valence-electron chi connectivity index (χ0n) is 10.3. The summed E-state index contributed by atoms with van der Waals surface area (Å²) in [6.45, 7) is 1.21. The highest BCUT2D eigenvalue weighted by molar-refractivity contribution is 7.09. The molecular formula is C13H15N3O2S. The van der Waals surface area contributed by atoms with Crippen molar-refractivity contribution < 1.29 is 9.53 Å². The lowest BCUT2D eigenvalue weighted by Crippen LogP contribution is -2.28. The molecule has 0 saturated heterocycles. The van der Waals surface area contributed by atoms with Crippen LogP contribution in [0, 0.1) is 0 Å². The van der Waals surface area contributed by atoms with Crippen LogP contribution < -0.4 is 15.8 Å². The Morgan fingerprint density at radius 3 is 2.84 bits per heavy atom.